The average molecular weight is 1060 g/mol. The Morgan fingerprint density at radius 1 is 0.934 bits per heavy atom. The first-order valence-corrected chi connectivity index (χ1v) is 25.8. The van der Waals surface area contributed by atoms with E-state index in [0.717, 1.165) is 18.4 Å². The van der Waals surface area contributed by atoms with Crippen molar-refractivity contribution in [2.45, 2.75) is 136 Å². The summed E-state index contributed by atoms with van der Waals surface area (Å²) < 4.78 is 53.4. The molecule has 412 valence electrons. The van der Waals surface area contributed by atoms with Gasteiger partial charge in [-0.25, -0.2) is 27.7 Å². The van der Waals surface area contributed by atoms with Gasteiger partial charge in [0.15, 0.2) is 0 Å². The standard InChI is InChI=1S/C55H73F3N10O8/c1-32(2)45(65-51(73)55(60)21-8-9-22-55)49(71)64-43(14-11-23-61-52(59)74)48(70)62-39-18-16-35(17-19-39)31-76-53(75)67-27-37(42(58)29-67)28-68(50(72)34(4)69)46(54(5,6)7)47-63-44(40-24-33(3)15-20-41(40)57)30-66(47)26-36-12-10-13-38(56)25-36/h10,12-13,15-20,24-25,30,32,34,37,42-43,45-46,69H,8-9,11,14,21-23,26-29,31,60H2,1-7H3,(H,62,70)(H,64,71)(H,65,73)(H3,59,61,74)/t34-,37-,42-,43-,45-,46-/m0/s1. The van der Waals surface area contributed by atoms with Gasteiger partial charge in [0.05, 0.1) is 23.8 Å². The number of likely N-dealkylation sites (tertiary alicyclic amines) is 1. The van der Waals surface area contributed by atoms with Crippen LogP contribution in [0.3, 0.4) is 0 Å². The van der Waals surface area contributed by atoms with Crippen LogP contribution in [0.15, 0.2) is 72.9 Å². The van der Waals surface area contributed by atoms with Crippen LogP contribution in [0.4, 0.5) is 28.4 Å². The number of hydrogen-bond donors (Lipinski definition) is 7. The van der Waals surface area contributed by atoms with Gasteiger partial charge in [-0.2, -0.15) is 0 Å². The monoisotopic (exact) mass is 1060 g/mol. The maximum atomic E-state index is 16.2. The third kappa shape index (κ3) is 15.1. The summed E-state index contributed by atoms with van der Waals surface area (Å²) in [7, 11) is 0. The molecule has 2 heterocycles. The summed E-state index contributed by atoms with van der Waals surface area (Å²) in [5, 5.41) is 21.6. The molecule has 6 atom stereocenters. The number of carbonyl (C=O) groups excluding carboxylic acids is 6. The molecule has 2 fully saturated rings. The zero-order chi connectivity index (χ0) is 55.6. The van der Waals surface area contributed by atoms with Crippen LogP contribution < -0.4 is 32.7 Å². The maximum absolute atomic E-state index is 16.2. The van der Waals surface area contributed by atoms with Crippen LogP contribution in [0, 0.1) is 35.8 Å². The van der Waals surface area contributed by atoms with Crippen molar-refractivity contribution in [1.82, 2.24) is 35.3 Å². The number of primary amides is 1. The van der Waals surface area contributed by atoms with Crippen LogP contribution in [-0.4, -0.2) is 116 Å². The third-order valence-electron chi connectivity index (χ3n) is 13.9. The Labute approximate surface area is 441 Å². The predicted molar refractivity (Wildman–Crippen MR) is 280 cm³/mol. The van der Waals surface area contributed by atoms with E-state index in [0.29, 0.717) is 35.5 Å². The minimum Gasteiger partial charge on any atom is -0.445 e. The minimum absolute atomic E-state index is 0.0838. The number of aliphatic hydroxyl groups is 1. The fourth-order valence-electron chi connectivity index (χ4n) is 9.79. The van der Waals surface area contributed by atoms with Crippen LogP contribution in [0.2, 0.25) is 0 Å². The van der Waals surface area contributed by atoms with Crippen LogP contribution in [-0.2, 0) is 37.1 Å². The highest BCUT2D eigenvalue weighted by atomic mass is 19.1. The minimum atomic E-state index is -1.61. The number of urea groups is 1. The molecule has 1 aliphatic heterocycles. The van der Waals surface area contributed by atoms with Crippen LogP contribution in [0.25, 0.3) is 11.3 Å². The predicted octanol–water partition coefficient (Wildman–Crippen LogP) is 6.37. The number of rotatable bonds is 21. The molecule has 1 saturated heterocycles. The van der Waals surface area contributed by atoms with Gasteiger partial charge in [-0.15, -0.1) is 0 Å². The van der Waals surface area contributed by atoms with E-state index in [1.807, 2.05) is 27.7 Å². The van der Waals surface area contributed by atoms with Crippen molar-refractivity contribution in [2.75, 3.05) is 31.5 Å². The number of benzene rings is 3. The molecule has 1 saturated carbocycles. The second-order valence-corrected chi connectivity index (χ2v) is 21.6. The lowest BCUT2D eigenvalue weighted by molar-refractivity contribution is -0.146. The highest BCUT2D eigenvalue weighted by molar-refractivity contribution is 5.99. The second-order valence-electron chi connectivity index (χ2n) is 21.6. The number of hydrogen-bond acceptors (Lipinski definition) is 10. The first-order valence-electron chi connectivity index (χ1n) is 25.8. The lowest BCUT2D eigenvalue weighted by Crippen LogP contribution is -2.60. The molecule has 0 radical (unpaired) electrons. The van der Waals surface area contributed by atoms with E-state index >= 15 is 8.78 Å². The van der Waals surface area contributed by atoms with E-state index < -0.39 is 94.7 Å². The first-order chi connectivity index (χ1) is 35.8. The molecule has 0 spiro atoms. The summed E-state index contributed by atoms with van der Waals surface area (Å²) >= 11 is 0. The lowest BCUT2D eigenvalue weighted by atomic mass is 9.84. The van der Waals surface area contributed by atoms with Crippen LogP contribution in [0.5, 0.6) is 0 Å². The number of aromatic nitrogens is 2. The van der Waals surface area contributed by atoms with Gasteiger partial charge in [-0.1, -0.05) is 83.4 Å². The van der Waals surface area contributed by atoms with Crippen LogP contribution in [0.1, 0.15) is 109 Å². The van der Waals surface area contributed by atoms with Gasteiger partial charge >= 0.3 is 12.1 Å². The smallest absolute Gasteiger partial charge is 0.410 e. The molecule has 21 heteroatoms. The molecule has 0 bridgehead atoms. The molecular weight excluding hydrogens is 986 g/mol. The van der Waals surface area contributed by atoms with E-state index in [-0.39, 0.29) is 69.3 Å². The number of aliphatic hydroxyl groups excluding tert-OH is 1. The number of nitrogens with two attached hydrogens (primary N) is 2. The number of imidazole rings is 1. The van der Waals surface area contributed by atoms with E-state index in [2.05, 4.69) is 21.3 Å². The Hall–Kier alpha value is -7.00. The highest BCUT2D eigenvalue weighted by Crippen LogP contribution is 2.41. The lowest BCUT2D eigenvalue weighted by Gasteiger charge is -2.41. The van der Waals surface area contributed by atoms with Crippen LogP contribution >= 0.6 is 0 Å². The van der Waals surface area contributed by atoms with Gasteiger partial charge in [0, 0.05) is 49.5 Å². The Balaban J connectivity index is 1.13. The van der Waals surface area contributed by atoms with Gasteiger partial charge in [-0.3, -0.25) is 19.2 Å². The molecule has 1 aromatic heterocycles. The summed E-state index contributed by atoms with van der Waals surface area (Å²) in [6.07, 6.45) is 0.669. The highest BCUT2D eigenvalue weighted by Gasteiger charge is 2.45. The van der Waals surface area contributed by atoms with Crippen molar-refractivity contribution < 1.29 is 51.8 Å². The molecule has 9 N–H and O–H groups in total. The normalized spacial score (nSPS) is 17.8. The van der Waals surface area contributed by atoms with E-state index in [9.17, 15) is 38.3 Å². The number of ether oxygens (including phenoxy) is 1. The summed E-state index contributed by atoms with van der Waals surface area (Å²) in [5.74, 6) is -4.29. The van der Waals surface area contributed by atoms with Crippen molar-refractivity contribution in [3.8, 4) is 11.3 Å². The molecule has 18 nitrogen and oxygen atoms in total. The third-order valence-corrected chi connectivity index (χ3v) is 13.9. The van der Waals surface area contributed by atoms with Gasteiger partial charge in [0.1, 0.15) is 48.4 Å². The molecule has 1 aliphatic carbocycles. The molecule has 4 aromatic rings. The van der Waals surface area contributed by atoms with E-state index in [1.54, 1.807) is 73.1 Å². The molecule has 0 unspecified atom stereocenters. The molecular formula is C55H73F3N10O8. The molecule has 6 rings (SSSR count). The van der Waals surface area contributed by atoms with Gasteiger partial charge in [0.25, 0.3) is 5.91 Å². The zero-order valence-corrected chi connectivity index (χ0v) is 44.3. The number of halogens is 3. The molecule has 76 heavy (non-hydrogen) atoms. The van der Waals surface area contributed by atoms with Gasteiger partial charge < -0.3 is 56.9 Å². The summed E-state index contributed by atoms with van der Waals surface area (Å²) in [6, 6.07) is 13.2. The van der Waals surface area contributed by atoms with Gasteiger partial charge in [0.2, 0.25) is 17.7 Å². The van der Waals surface area contributed by atoms with Crippen molar-refractivity contribution >= 4 is 41.4 Å². The average Bonchev–Trinajstić information content (AvgIpc) is 4.09. The Bertz CT molecular complexity index is 2710. The van der Waals surface area contributed by atoms with Gasteiger partial charge in [-0.05, 0) is 98.4 Å². The maximum Gasteiger partial charge on any atom is 0.410 e. The molecule has 7 amide bonds. The van der Waals surface area contributed by atoms with Crippen molar-refractivity contribution in [3.05, 3.63) is 107 Å². The van der Waals surface area contributed by atoms with Crippen molar-refractivity contribution in [3.63, 3.8) is 0 Å². The number of amides is 7. The van der Waals surface area contributed by atoms with Crippen molar-refractivity contribution in [1.29, 1.82) is 0 Å². The number of nitrogens with zero attached hydrogens (tertiary/aromatic N) is 4. The fraction of sp³-hybridized carbons (Fsp3) is 0.509. The number of carbonyl (C=O) groups is 6. The second kappa shape index (κ2) is 25.2. The van der Waals surface area contributed by atoms with E-state index in [1.165, 1.54) is 34.9 Å². The molecule has 2 aliphatic rings. The quantitative estimate of drug-likeness (QED) is 0.0454. The number of alkyl halides is 1. The topological polar surface area (TPSA) is 256 Å². The first kappa shape index (κ1) is 58.3. The number of aryl methyl sites for hydroxylation is 1. The Morgan fingerprint density at radius 2 is 1.63 bits per heavy atom. The largest absolute Gasteiger partial charge is 0.445 e. The van der Waals surface area contributed by atoms with E-state index in [4.69, 9.17) is 21.2 Å². The molecule has 3 aromatic carbocycles. The fourth-order valence-corrected chi connectivity index (χ4v) is 9.79. The Morgan fingerprint density at radius 3 is 2.26 bits per heavy atom. The van der Waals surface area contributed by atoms with Crippen molar-refractivity contribution in [2.24, 2.45) is 28.7 Å². The Kier molecular flexibility index (Phi) is 19.3. The zero-order valence-electron chi connectivity index (χ0n) is 44.3. The summed E-state index contributed by atoms with van der Waals surface area (Å²) in [5.41, 5.74) is 12.3. The summed E-state index contributed by atoms with van der Waals surface area (Å²) in [4.78, 5) is 87.0. The number of anilines is 1. The SMILES string of the molecule is Cc1ccc(F)c(-c2cn(Cc3cccc(F)c3)c([C@H](N(C[C@@H]3CN(C(=O)OCc4ccc(NC(=O)[C@H](CCCNC(N)=O)NC(=O)[C@@H](NC(=O)C5(N)CCCC5)C(C)C)cc4)C[C@@H]3F)C(=O)[C@H](C)O)C(C)(C)C)n2)c1. The summed E-state index contributed by atoms with van der Waals surface area (Å²) in [6.45, 7) is 11.5. The number of nitrogens with one attached hydrogen (secondary N) is 4.